The van der Waals surface area contributed by atoms with E-state index in [9.17, 15) is 9.90 Å². The molecule has 1 heterocycles. The minimum atomic E-state index is -0.916. The zero-order valence-electron chi connectivity index (χ0n) is 17.9. The first-order valence-corrected chi connectivity index (χ1v) is 12.3. The third-order valence-electron chi connectivity index (χ3n) is 5.79. The van der Waals surface area contributed by atoms with E-state index in [4.69, 9.17) is 16.6 Å². The molecule has 0 atom stereocenters. The minimum absolute atomic E-state index is 0.339. The maximum absolute atomic E-state index is 12.0. The number of carboxylic acid groups (broad SMARTS) is 1. The Balaban J connectivity index is 1.68. The van der Waals surface area contributed by atoms with E-state index >= 15 is 0 Å². The largest absolute Gasteiger partial charge is 0.478 e. The SMILES string of the molecule is O=C(O)/C(=C/c1cnc(SC2CCCCC2)n1Cc1ccccc1Cl)Cc1ccccc1. The van der Waals surface area contributed by atoms with E-state index in [-0.39, 0.29) is 0 Å². The number of benzene rings is 2. The first kappa shape index (κ1) is 22.7. The molecule has 1 N–H and O–H groups in total. The standard InChI is InChI=1S/C26H27ClN2O2S/c27-24-14-8-7-11-20(24)18-29-22(17-28-26(29)32-23-12-5-2-6-13-23)16-21(25(30)31)15-19-9-3-1-4-10-19/h1,3-4,7-11,14,16-17,23H,2,5-6,12-13,15,18H2,(H,30,31)/b21-16+. The second kappa shape index (κ2) is 10.9. The van der Waals surface area contributed by atoms with Gasteiger partial charge in [0.25, 0.3) is 0 Å². The van der Waals surface area contributed by atoms with E-state index < -0.39 is 5.97 Å². The minimum Gasteiger partial charge on any atom is -0.478 e. The number of aromatic nitrogens is 2. The maximum atomic E-state index is 12.0. The van der Waals surface area contributed by atoms with Crippen LogP contribution in [0.1, 0.15) is 48.9 Å². The molecule has 1 aromatic heterocycles. The highest BCUT2D eigenvalue weighted by Gasteiger charge is 2.20. The number of thioether (sulfide) groups is 1. The second-order valence-corrected chi connectivity index (χ2v) is 9.83. The molecular formula is C26H27ClN2O2S. The van der Waals surface area contributed by atoms with Gasteiger partial charge < -0.3 is 9.67 Å². The molecule has 4 nitrogen and oxygen atoms in total. The number of imidazole rings is 1. The van der Waals surface area contributed by atoms with Crippen molar-refractivity contribution in [2.45, 2.75) is 55.5 Å². The van der Waals surface area contributed by atoms with Crippen molar-refractivity contribution in [1.29, 1.82) is 0 Å². The molecule has 2 aromatic carbocycles. The number of halogens is 1. The van der Waals surface area contributed by atoms with Crippen molar-refractivity contribution in [2.75, 3.05) is 0 Å². The lowest BCUT2D eigenvalue weighted by molar-refractivity contribution is -0.132. The van der Waals surface area contributed by atoms with Crippen LogP contribution in [0.3, 0.4) is 0 Å². The van der Waals surface area contributed by atoms with Crippen LogP contribution in [-0.4, -0.2) is 25.9 Å². The topological polar surface area (TPSA) is 55.1 Å². The summed E-state index contributed by atoms with van der Waals surface area (Å²) in [5, 5.41) is 12.0. The zero-order valence-corrected chi connectivity index (χ0v) is 19.5. The van der Waals surface area contributed by atoms with Crippen LogP contribution in [-0.2, 0) is 17.8 Å². The van der Waals surface area contributed by atoms with Crippen molar-refractivity contribution in [3.05, 3.63) is 88.2 Å². The summed E-state index contributed by atoms with van der Waals surface area (Å²) in [5.41, 5.74) is 3.09. The Labute approximate surface area is 198 Å². The zero-order chi connectivity index (χ0) is 22.3. The van der Waals surface area contributed by atoms with Crippen molar-refractivity contribution in [1.82, 2.24) is 9.55 Å². The number of hydrogen-bond acceptors (Lipinski definition) is 3. The summed E-state index contributed by atoms with van der Waals surface area (Å²) in [5.74, 6) is -0.916. The van der Waals surface area contributed by atoms with E-state index in [2.05, 4.69) is 4.57 Å². The van der Waals surface area contributed by atoms with Gasteiger partial charge in [-0.05, 0) is 36.1 Å². The Morgan fingerprint density at radius 1 is 1.09 bits per heavy atom. The predicted molar refractivity (Wildman–Crippen MR) is 131 cm³/mol. The van der Waals surface area contributed by atoms with Crippen molar-refractivity contribution in [3.63, 3.8) is 0 Å². The molecule has 0 radical (unpaired) electrons. The summed E-state index contributed by atoms with van der Waals surface area (Å²) in [6.07, 6.45) is 10.1. The summed E-state index contributed by atoms with van der Waals surface area (Å²) in [4.78, 5) is 16.7. The molecule has 32 heavy (non-hydrogen) atoms. The van der Waals surface area contributed by atoms with E-state index in [0.29, 0.717) is 28.8 Å². The first-order chi connectivity index (χ1) is 15.6. The molecule has 1 fully saturated rings. The molecule has 1 aliphatic carbocycles. The maximum Gasteiger partial charge on any atom is 0.331 e. The molecule has 4 rings (SSSR count). The number of rotatable bonds is 8. The fourth-order valence-electron chi connectivity index (χ4n) is 4.05. The second-order valence-electron chi connectivity index (χ2n) is 8.16. The molecule has 0 spiro atoms. The number of aliphatic carboxylic acids is 1. The summed E-state index contributed by atoms with van der Waals surface area (Å²) < 4.78 is 2.11. The molecule has 1 aliphatic rings. The average Bonchev–Trinajstić information content (AvgIpc) is 3.17. The Hall–Kier alpha value is -2.50. The summed E-state index contributed by atoms with van der Waals surface area (Å²) >= 11 is 8.26. The van der Waals surface area contributed by atoms with Gasteiger partial charge in [0, 0.05) is 22.3 Å². The van der Waals surface area contributed by atoms with Gasteiger partial charge in [-0.2, -0.15) is 0 Å². The third kappa shape index (κ3) is 5.84. The Kier molecular flexibility index (Phi) is 7.72. The Morgan fingerprint density at radius 3 is 2.53 bits per heavy atom. The van der Waals surface area contributed by atoms with Crippen molar-refractivity contribution < 1.29 is 9.90 Å². The monoisotopic (exact) mass is 466 g/mol. The van der Waals surface area contributed by atoms with Gasteiger partial charge in [-0.15, -0.1) is 0 Å². The van der Waals surface area contributed by atoms with Gasteiger partial charge in [0.05, 0.1) is 18.4 Å². The van der Waals surface area contributed by atoms with Crippen molar-refractivity contribution >= 4 is 35.4 Å². The highest BCUT2D eigenvalue weighted by Crippen LogP contribution is 2.34. The van der Waals surface area contributed by atoms with Gasteiger partial charge in [-0.3, -0.25) is 0 Å². The van der Waals surface area contributed by atoms with E-state index in [0.717, 1.165) is 22.0 Å². The fourth-order valence-corrected chi connectivity index (χ4v) is 5.52. The number of nitrogens with zero attached hydrogens (tertiary/aromatic N) is 2. The van der Waals surface area contributed by atoms with Crippen LogP contribution in [0, 0.1) is 0 Å². The van der Waals surface area contributed by atoms with Crippen LogP contribution in [0.15, 0.2) is 71.5 Å². The van der Waals surface area contributed by atoms with Crippen LogP contribution >= 0.6 is 23.4 Å². The highest BCUT2D eigenvalue weighted by atomic mass is 35.5. The summed E-state index contributed by atoms with van der Waals surface area (Å²) in [7, 11) is 0. The lowest BCUT2D eigenvalue weighted by atomic mass is 10.0. The number of carboxylic acids is 1. The van der Waals surface area contributed by atoms with Crippen molar-refractivity contribution in [2.24, 2.45) is 0 Å². The molecule has 166 valence electrons. The quantitative estimate of drug-likeness (QED) is 0.374. The Morgan fingerprint density at radius 2 is 1.81 bits per heavy atom. The van der Waals surface area contributed by atoms with E-state index in [1.165, 1.54) is 32.1 Å². The van der Waals surface area contributed by atoms with Gasteiger partial charge in [0.1, 0.15) is 0 Å². The molecule has 0 amide bonds. The molecule has 1 saturated carbocycles. The normalized spacial score (nSPS) is 15.1. The smallest absolute Gasteiger partial charge is 0.331 e. The van der Waals surface area contributed by atoms with Crippen LogP contribution in [0.25, 0.3) is 6.08 Å². The van der Waals surface area contributed by atoms with Crippen LogP contribution in [0.2, 0.25) is 5.02 Å². The summed E-state index contributed by atoms with van der Waals surface area (Å²) in [6, 6.07) is 17.5. The van der Waals surface area contributed by atoms with E-state index in [1.54, 1.807) is 12.3 Å². The molecule has 0 unspecified atom stereocenters. The van der Waals surface area contributed by atoms with Crippen LogP contribution < -0.4 is 0 Å². The molecule has 0 saturated heterocycles. The predicted octanol–water partition coefficient (Wildman–Crippen LogP) is 6.72. The lowest BCUT2D eigenvalue weighted by Crippen LogP contribution is -2.11. The molecular weight excluding hydrogens is 440 g/mol. The fraction of sp³-hybridized carbons (Fsp3) is 0.308. The average molecular weight is 467 g/mol. The van der Waals surface area contributed by atoms with Gasteiger partial charge in [-0.25, -0.2) is 9.78 Å². The van der Waals surface area contributed by atoms with E-state index in [1.807, 2.05) is 66.4 Å². The molecule has 3 aromatic rings. The van der Waals surface area contributed by atoms with Crippen LogP contribution in [0.4, 0.5) is 0 Å². The molecule has 0 bridgehead atoms. The van der Waals surface area contributed by atoms with Crippen LogP contribution in [0.5, 0.6) is 0 Å². The highest BCUT2D eigenvalue weighted by molar-refractivity contribution is 7.99. The van der Waals surface area contributed by atoms with Gasteiger partial charge in [-0.1, -0.05) is 91.2 Å². The van der Waals surface area contributed by atoms with Crippen molar-refractivity contribution in [3.8, 4) is 0 Å². The van der Waals surface area contributed by atoms with Gasteiger partial charge in [0.2, 0.25) is 0 Å². The van der Waals surface area contributed by atoms with Gasteiger partial charge >= 0.3 is 5.97 Å². The molecule has 0 aliphatic heterocycles. The molecule has 6 heteroatoms. The number of hydrogen-bond donors (Lipinski definition) is 1. The Bertz CT molecular complexity index is 1090. The first-order valence-electron chi connectivity index (χ1n) is 11.0. The summed E-state index contributed by atoms with van der Waals surface area (Å²) in [6.45, 7) is 0.554. The third-order valence-corrected chi connectivity index (χ3v) is 7.50. The number of carbonyl (C=O) groups is 1. The lowest BCUT2D eigenvalue weighted by Gasteiger charge is -2.21. The van der Waals surface area contributed by atoms with Gasteiger partial charge in [0.15, 0.2) is 5.16 Å².